The zero-order valence-corrected chi connectivity index (χ0v) is 11.8. The maximum atomic E-state index is 11.9. The molecule has 1 aromatic carbocycles. The largest absolute Gasteiger partial charge is 0.495 e. The highest BCUT2D eigenvalue weighted by Gasteiger charge is 2.20. The van der Waals surface area contributed by atoms with Gasteiger partial charge in [0, 0.05) is 4.47 Å². The molecule has 0 radical (unpaired) electrons. The Morgan fingerprint density at radius 3 is 2.71 bits per heavy atom. The molecule has 2 N–H and O–H groups in total. The van der Waals surface area contributed by atoms with Gasteiger partial charge in [-0.05, 0) is 40.9 Å². The summed E-state index contributed by atoms with van der Waals surface area (Å²) in [6, 6.07) is 1.77. The predicted octanol–water partition coefficient (Wildman–Crippen LogP) is 2.92. The lowest BCUT2D eigenvalue weighted by atomic mass is 10.1. The van der Waals surface area contributed by atoms with Crippen molar-refractivity contribution in [2.24, 2.45) is 0 Å². The lowest BCUT2D eigenvalue weighted by Gasteiger charge is -2.13. The van der Waals surface area contributed by atoms with Crippen LogP contribution in [0.15, 0.2) is 10.5 Å². The molecule has 0 amide bonds. The van der Waals surface area contributed by atoms with Gasteiger partial charge in [-0.3, -0.25) is 0 Å². The Labute approximate surface area is 109 Å². The van der Waals surface area contributed by atoms with Gasteiger partial charge in [0.1, 0.15) is 11.3 Å². The molecule has 0 heterocycles. The zero-order chi connectivity index (χ0) is 13.0. The van der Waals surface area contributed by atoms with Crippen LogP contribution in [-0.4, -0.2) is 19.7 Å². The topological polar surface area (TPSA) is 61.5 Å². The Hall–Kier alpha value is -1.23. The molecule has 1 aromatic rings. The van der Waals surface area contributed by atoms with E-state index in [2.05, 4.69) is 15.9 Å². The molecule has 1 rings (SSSR count). The lowest BCUT2D eigenvalue weighted by molar-refractivity contribution is 0.0505. The van der Waals surface area contributed by atoms with Gasteiger partial charge < -0.3 is 15.2 Å². The number of methoxy groups -OCH3 is 1. The molecule has 0 aliphatic carbocycles. The Morgan fingerprint density at radius 2 is 2.18 bits per heavy atom. The average Bonchev–Trinajstić information content (AvgIpc) is 2.31. The minimum atomic E-state index is -0.432. The van der Waals surface area contributed by atoms with E-state index in [1.807, 2.05) is 13.8 Å². The minimum absolute atomic E-state index is 0.297. The summed E-state index contributed by atoms with van der Waals surface area (Å²) in [4.78, 5) is 11.9. The van der Waals surface area contributed by atoms with Crippen LogP contribution in [-0.2, 0) is 4.74 Å². The van der Waals surface area contributed by atoms with Crippen molar-refractivity contribution < 1.29 is 14.3 Å². The van der Waals surface area contributed by atoms with E-state index in [1.54, 1.807) is 6.07 Å². The molecule has 0 fully saturated rings. The van der Waals surface area contributed by atoms with Crippen molar-refractivity contribution in [3.8, 4) is 5.75 Å². The molecule has 0 unspecified atom stereocenters. The first kappa shape index (κ1) is 13.8. The van der Waals surface area contributed by atoms with Crippen LogP contribution in [0, 0.1) is 6.92 Å². The molecule has 0 bridgehead atoms. The molecule has 0 saturated carbocycles. The molecule has 0 atom stereocenters. The van der Waals surface area contributed by atoms with Crippen molar-refractivity contribution in [1.29, 1.82) is 0 Å². The van der Waals surface area contributed by atoms with E-state index in [0.29, 0.717) is 28.1 Å². The van der Waals surface area contributed by atoms with Crippen LogP contribution in [0.3, 0.4) is 0 Å². The van der Waals surface area contributed by atoms with Gasteiger partial charge in [-0.2, -0.15) is 0 Å². The van der Waals surface area contributed by atoms with Crippen molar-refractivity contribution in [2.75, 3.05) is 19.5 Å². The first-order valence-electron chi connectivity index (χ1n) is 5.32. The van der Waals surface area contributed by atoms with Crippen molar-refractivity contribution in [2.45, 2.75) is 20.3 Å². The van der Waals surface area contributed by atoms with Crippen LogP contribution in [0.4, 0.5) is 5.69 Å². The monoisotopic (exact) mass is 301 g/mol. The summed E-state index contributed by atoms with van der Waals surface area (Å²) in [5, 5.41) is 0. The highest BCUT2D eigenvalue weighted by molar-refractivity contribution is 9.10. The second kappa shape index (κ2) is 5.91. The maximum Gasteiger partial charge on any atom is 0.341 e. The normalized spacial score (nSPS) is 10.1. The highest BCUT2D eigenvalue weighted by Crippen LogP contribution is 2.34. The number of carbonyl (C=O) groups is 1. The van der Waals surface area contributed by atoms with Crippen molar-refractivity contribution >= 4 is 27.6 Å². The molecular formula is C12H16BrNO3. The van der Waals surface area contributed by atoms with Gasteiger partial charge in [-0.1, -0.05) is 6.92 Å². The van der Waals surface area contributed by atoms with Gasteiger partial charge in [0.15, 0.2) is 0 Å². The van der Waals surface area contributed by atoms with Crippen molar-refractivity contribution in [1.82, 2.24) is 0 Å². The Balaban J connectivity index is 3.21. The molecule has 0 aliphatic rings. The standard InChI is InChI=1S/C12H16BrNO3/c1-4-5-17-12(15)9-10(13)7(2)6-8(16-3)11(9)14/h6H,4-5,14H2,1-3H3. The summed E-state index contributed by atoms with van der Waals surface area (Å²) < 4.78 is 10.9. The predicted molar refractivity (Wildman–Crippen MR) is 70.4 cm³/mol. The van der Waals surface area contributed by atoms with Crippen LogP contribution in [0.25, 0.3) is 0 Å². The van der Waals surface area contributed by atoms with E-state index in [0.717, 1.165) is 12.0 Å². The second-order valence-corrected chi connectivity index (χ2v) is 4.43. The van der Waals surface area contributed by atoms with Crippen LogP contribution < -0.4 is 10.5 Å². The van der Waals surface area contributed by atoms with E-state index in [-0.39, 0.29) is 0 Å². The quantitative estimate of drug-likeness (QED) is 0.686. The fourth-order valence-electron chi connectivity index (χ4n) is 1.41. The van der Waals surface area contributed by atoms with Crippen LogP contribution in [0.5, 0.6) is 5.75 Å². The summed E-state index contributed by atoms with van der Waals surface area (Å²) in [5.41, 5.74) is 7.38. The van der Waals surface area contributed by atoms with E-state index in [4.69, 9.17) is 15.2 Å². The smallest absolute Gasteiger partial charge is 0.341 e. The van der Waals surface area contributed by atoms with E-state index in [9.17, 15) is 4.79 Å². The minimum Gasteiger partial charge on any atom is -0.495 e. The molecule has 4 nitrogen and oxygen atoms in total. The summed E-state index contributed by atoms with van der Waals surface area (Å²) in [7, 11) is 1.51. The lowest BCUT2D eigenvalue weighted by Crippen LogP contribution is -2.11. The Bertz CT molecular complexity index is 432. The summed E-state index contributed by atoms with van der Waals surface area (Å²) >= 11 is 3.35. The molecule has 17 heavy (non-hydrogen) atoms. The molecule has 0 spiro atoms. The second-order valence-electron chi connectivity index (χ2n) is 3.63. The van der Waals surface area contributed by atoms with Crippen LogP contribution in [0.2, 0.25) is 0 Å². The van der Waals surface area contributed by atoms with Crippen molar-refractivity contribution in [3.63, 3.8) is 0 Å². The number of rotatable bonds is 4. The van der Waals surface area contributed by atoms with E-state index >= 15 is 0 Å². The molecule has 0 aliphatic heterocycles. The Morgan fingerprint density at radius 1 is 1.53 bits per heavy atom. The number of anilines is 1. The average molecular weight is 302 g/mol. The van der Waals surface area contributed by atoms with Gasteiger partial charge in [0.2, 0.25) is 0 Å². The number of nitrogen functional groups attached to an aromatic ring is 1. The fraction of sp³-hybridized carbons (Fsp3) is 0.417. The number of carbonyl (C=O) groups excluding carboxylic acids is 1. The van der Waals surface area contributed by atoms with Gasteiger partial charge >= 0.3 is 5.97 Å². The molecule has 94 valence electrons. The first-order chi connectivity index (χ1) is 8.02. The van der Waals surface area contributed by atoms with Crippen molar-refractivity contribution in [3.05, 3.63) is 21.7 Å². The number of esters is 1. The number of halogens is 1. The van der Waals surface area contributed by atoms with E-state index in [1.165, 1.54) is 7.11 Å². The van der Waals surface area contributed by atoms with Gasteiger partial charge in [-0.25, -0.2) is 4.79 Å². The number of aryl methyl sites for hydroxylation is 1. The molecule has 0 saturated heterocycles. The third-order valence-corrected chi connectivity index (χ3v) is 3.33. The number of ether oxygens (including phenoxy) is 2. The Kier molecular flexibility index (Phi) is 4.81. The summed E-state index contributed by atoms with van der Waals surface area (Å²) in [5.74, 6) is 0.0485. The van der Waals surface area contributed by atoms with Gasteiger partial charge in [0.05, 0.1) is 19.4 Å². The zero-order valence-electron chi connectivity index (χ0n) is 10.2. The first-order valence-corrected chi connectivity index (χ1v) is 6.11. The van der Waals surface area contributed by atoms with E-state index < -0.39 is 5.97 Å². The summed E-state index contributed by atoms with van der Waals surface area (Å²) in [6.07, 6.45) is 0.770. The molecular weight excluding hydrogens is 286 g/mol. The SMILES string of the molecule is CCCOC(=O)c1c(N)c(OC)cc(C)c1Br. The number of hydrogen-bond donors (Lipinski definition) is 1. The number of benzene rings is 1. The van der Waals surface area contributed by atoms with Gasteiger partial charge in [-0.15, -0.1) is 0 Å². The number of hydrogen-bond acceptors (Lipinski definition) is 4. The van der Waals surface area contributed by atoms with Gasteiger partial charge in [0.25, 0.3) is 0 Å². The number of nitrogens with two attached hydrogens (primary N) is 1. The maximum absolute atomic E-state index is 11.9. The van der Waals surface area contributed by atoms with Crippen LogP contribution in [0.1, 0.15) is 29.3 Å². The molecule has 5 heteroatoms. The summed E-state index contributed by atoms with van der Waals surface area (Å²) in [6.45, 7) is 4.17. The third-order valence-electron chi connectivity index (χ3n) is 2.31. The van der Waals surface area contributed by atoms with Crippen LogP contribution >= 0.6 is 15.9 Å². The third kappa shape index (κ3) is 2.91. The molecule has 0 aromatic heterocycles. The highest BCUT2D eigenvalue weighted by atomic mass is 79.9. The fourth-order valence-corrected chi connectivity index (χ4v) is 1.90.